The molecule has 0 radical (unpaired) electrons. The molecule has 2 aliphatic rings. The smallest absolute Gasteiger partial charge is 0.234 e. The summed E-state index contributed by atoms with van der Waals surface area (Å²) < 4.78 is 5.59. The first-order valence-corrected chi connectivity index (χ1v) is 7.67. The van der Waals surface area contributed by atoms with E-state index < -0.39 is 5.41 Å². The summed E-state index contributed by atoms with van der Waals surface area (Å²) in [6, 6.07) is 2.01. The van der Waals surface area contributed by atoms with Crippen LogP contribution in [0.1, 0.15) is 31.7 Å². The normalized spacial score (nSPS) is 28.4. The standard InChI is InChI=1S/C16H23N3O2/c1-11(2)12-5-14(8-17-6-12)19-15(20)16-9-18-7-13(16)3-4-21-10-16/h5-6,8,11,13,18H,3-4,7,9-10H2,1-2H3,(H,19,20)/t13-,16+/m1/s1. The van der Waals surface area contributed by atoms with E-state index in [9.17, 15) is 4.79 Å². The molecule has 0 saturated carbocycles. The number of nitrogens with zero attached hydrogens (tertiary/aromatic N) is 1. The molecule has 5 heteroatoms. The third-order valence-electron chi connectivity index (χ3n) is 4.72. The second kappa shape index (κ2) is 5.73. The summed E-state index contributed by atoms with van der Waals surface area (Å²) in [5.41, 5.74) is 1.48. The lowest BCUT2D eigenvalue weighted by atomic mass is 9.75. The van der Waals surface area contributed by atoms with Crippen molar-refractivity contribution >= 4 is 11.6 Å². The Labute approximate surface area is 125 Å². The second-order valence-corrected chi connectivity index (χ2v) is 6.44. The molecule has 0 spiro atoms. The first kappa shape index (κ1) is 14.5. The molecular weight excluding hydrogens is 266 g/mol. The highest BCUT2D eigenvalue weighted by Crippen LogP contribution is 2.38. The van der Waals surface area contributed by atoms with Gasteiger partial charge in [0.05, 0.1) is 23.9 Å². The lowest BCUT2D eigenvalue weighted by Gasteiger charge is -2.36. The topological polar surface area (TPSA) is 63.2 Å². The van der Waals surface area contributed by atoms with E-state index in [1.807, 2.05) is 12.3 Å². The first-order chi connectivity index (χ1) is 10.1. The lowest BCUT2D eigenvalue weighted by Crippen LogP contribution is -2.49. The van der Waals surface area contributed by atoms with Crippen LogP contribution < -0.4 is 10.6 Å². The largest absolute Gasteiger partial charge is 0.380 e. The van der Waals surface area contributed by atoms with E-state index in [1.165, 1.54) is 0 Å². The zero-order chi connectivity index (χ0) is 14.9. The van der Waals surface area contributed by atoms with Crippen molar-refractivity contribution in [1.29, 1.82) is 0 Å². The third-order valence-corrected chi connectivity index (χ3v) is 4.72. The molecule has 2 saturated heterocycles. The quantitative estimate of drug-likeness (QED) is 0.890. The van der Waals surface area contributed by atoms with Gasteiger partial charge in [0.25, 0.3) is 0 Å². The molecule has 1 amide bonds. The minimum Gasteiger partial charge on any atom is -0.380 e. The Bertz CT molecular complexity index is 532. The number of hydrogen-bond donors (Lipinski definition) is 2. The molecule has 2 atom stereocenters. The van der Waals surface area contributed by atoms with Crippen molar-refractivity contribution < 1.29 is 9.53 Å². The van der Waals surface area contributed by atoms with Crippen LogP contribution in [-0.4, -0.2) is 37.2 Å². The number of carbonyl (C=O) groups is 1. The average molecular weight is 289 g/mol. The van der Waals surface area contributed by atoms with Crippen LogP contribution in [0.15, 0.2) is 18.5 Å². The maximum atomic E-state index is 12.8. The highest BCUT2D eigenvalue weighted by Gasteiger charge is 2.50. The summed E-state index contributed by atoms with van der Waals surface area (Å²) in [4.78, 5) is 17.0. The van der Waals surface area contributed by atoms with Crippen LogP contribution in [0.3, 0.4) is 0 Å². The van der Waals surface area contributed by atoms with Gasteiger partial charge in [-0.3, -0.25) is 9.78 Å². The van der Waals surface area contributed by atoms with Gasteiger partial charge >= 0.3 is 0 Å². The molecule has 2 N–H and O–H groups in total. The summed E-state index contributed by atoms with van der Waals surface area (Å²) in [5, 5.41) is 6.39. The molecule has 0 unspecified atom stereocenters. The van der Waals surface area contributed by atoms with Gasteiger partial charge < -0.3 is 15.4 Å². The molecule has 1 aromatic heterocycles. The van der Waals surface area contributed by atoms with Crippen LogP contribution in [-0.2, 0) is 9.53 Å². The van der Waals surface area contributed by atoms with E-state index in [2.05, 4.69) is 29.5 Å². The van der Waals surface area contributed by atoms with Gasteiger partial charge in [0, 0.05) is 19.3 Å². The Kier molecular flexibility index (Phi) is 3.95. The van der Waals surface area contributed by atoms with Crippen molar-refractivity contribution in [2.75, 3.05) is 31.6 Å². The maximum Gasteiger partial charge on any atom is 0.234 e. The number of ether oxygens (including phenoxy) is 1. The van der Waals surface area contributed by atoms with Gasteiger partial charge in [-0.05, 0) is 36.4 Å². The molecule has 2 aliphatic heterocycles. The Hall–Kier alpha value is -1.46. The summed E-state index contributed by atoms with van der Waals surface area (Å²) >= 11 is 0. The Morgan fingerprint density at radius 2 is 2.38 bits per heavy atom. The number of rotatable bonds is 3. The molecule has 0 aromatic carbocycles. The fourth-order valence-electron chi connectivity index (χ4n) is 3.26. The first-order valence-electron chi connectivity index (χ1n) is 7.67. The molecule has 2 fully saturated rings. The van der Waals surface area contributed by atoms with E-state index in [1.54, 1.807) is 6.20 Å². The summed E-state index contributed by atoms with van der Waals surface area (Å²) in [6.07, 6.45) is 4.51. The minimum atomic E-state index is -0.425. The number of anilines is 1. The molecular formula is C16H23N3O2. The molecule has 114 valence electrons. The minimum absolute atomic E-state index is 0.0555. The van der Waals surface area contributed by atoms with Crippen LogP contribution >= 0.6 is 0 Å². The number of aromatic nitrogens is 1. The fourth-order valence-corrected chi connectivity index (χ4v) is 3.26. The summed E-state index contributed by atoms with van der Waals surface area (Å²) in [6.45, 7) is 7.10. The Balaban J connectivity index is 1.78. The van der Waals surface area contributed by atoms with E-state index >= 15 is 0 Å². The fraction of sp³-hybridized carbons (Fsp3) is 0.625. The van der Waals surface area contributed by atoms with E-state index in [-0.39, 0.29) is 5.91 Å². The van der Waals surface area contributed by atoms with Gasteiger partial charge in [0.1, 0.15) is 0 Å². The van der Waals surface area contributed by atoms with Crippen molar-refractivity contribution in [3.8, 4) is 0 Å². The van der Waals surface area contributed by atoms with Crippen LogP contribution in [0.2, 0.25) is 0 Å². The SMILES string of the molecule is CC(C)c1cncc(NC(=O)[C@]23CNC[C@H]2CCOC3)c1. The zero-order valence-corrected chi connectivity index (χ0v) is 12.7. The third kappa shape index (κ3) is 2.68. The van der Waals surface area contributed by atoms with Crippen molar-refractivity contribution in [2.45, 2.75) is 26.2 Å². The second-order valence-electron chi connectivity index (χ2n) is 6.44. The van der Waals surface area contributed by atoms with Gasteiger partial charge in [-0.2, -0.15) is 0 Å². The van der Waals surface area contributed by atoms with Crippen LogP contribution in [0.5, 0.6) is 0 Å². The molecule has 5 nitrogen and oxygen atoms in total. The number of carbonyl (C=O) groups excluding carboxylic acids is 1. The Morgan fingerprint density at radius 3 is 3.19 bits per heavy atom. The van der Waals surface area contributed by atoms with E-state index in [0.717, 1.165) is 30.8 Å². The number of hydrogen-bond acceptors (Lipinski definition) is 4. The number of fused-ring (bicyclic) bond motifs is 1. The summed E-state index contributed by atoms with van der Waals surface area (Å²) in [5.74, 6) is 0.818. The lowest BCUT2D eigenvalue weighted by molar-refractivity contribution is -0.135. The average Bonchev–Trinajstić information content (AvgIpc) is 2.92. The number of amides is 1. The number of pyridine rings is 1. The van der Waals surface area contributed by atoms with Crippen LogP contribution in [0, 0.1) is 11.3 Å². The van der Waals surface area contributed by atoms with Crippen molar-refractivity contribution in [2.24, 2.45) is 11.3 Å². The van der Waals surface area contributed by atoms with Gasteiger partial charge in [0.2, 0.25) is 5.91 Å². The molecule has 3 heterocycles. The van der Waals surface area contributed by atoms with Crippen LogP contribution in [0.4, 0.5) is 5.69 Å². The van der Waals surface area contributed by atoms with E-state index in [4.69, 9.17) is 4.74 Å². The molecule has 3 rings (SSSR count). The zero-order valence-electron chi connectivity index (χ0n) is 12.7. The Morgan fingerprint density at radius 1 is 1.52 bits per heavy atom. The van der Waals surface area contributed by atoms with Gasteiger partial charge in [-0.25, -0.2) is 0 Å². The predicted octanol–water partition coefficient (Wildman–Crippen LogP) is 1.77. The van der Waals surface area contributed by atoms with Crippen molar-refractivity contribution in [1.82, 2.24) is 10.3 Å². The molecule has 0 aliphatic carbocycles. The maximum absolute atomic E-state index is 12.8. The molecule has 0 bridgehead atoms. The van der Waals surface area contributed by atoms with Gasteiger partial charge in [-0.15, -0.1) is 0 Å². The van der Waals surface area contributed by atoms with Crippen LogP contribution in [0.25, 0.3) is 0 Å². The van der Waals surface area contributed by atoms with Gasteiger partial charge in [-0.1, -0.05) is 13.8 Å². The summed E-state index contributed by atoms with van der Waals surface area (Å²) in [7, 11) is 0. The predicted molar refractivity (Wildman–Crippen MR) is 81.2 cm³/mol. The van der Waals surface area contributed by atoms with E-state index in [0.29, 0.717) is 25.0 Å². The van der Waals surface area contributed by atoms with Crippen molar-refractivity contribution in [3.05, 3.63) is 24.0 Å². The molecule has 21 heavy (non-hydrogen) atoms. The monoisotopic (exact) mass is 289 g/mol. The van der Waals surface area contributed by atoms with Gasteiger partial charge in [0.15, 0.2) is 0 Å². The number of nitrogens with one attached hydrogen (secondary N) is 2. The highest BCUT2D eigenvalue weighted by atomic mass is 16.5. The highest BCUT2D eigenvalue weighted by molar-refractivity contribution is 5.96. The molecule has 1 aromatic rings. The van der Waals surface area contributed by atoms with Crippen molar-refractivity contribution in [3.63, 3.8) is 0 Å².